The van der Waals surface area contributed by atoms with E-state index in [1.54, 1.807) is 7.11 Å². The first-order valence-corrected chi connectivity index (χ1v) is 7.52. The van der Waals surface area contributed by atoms with Crippen LogP contribution in [0.3, 0.4) is 0 Å². The zero-order valence-electron chi connectivity index (χ0n) is 12.8. The van der Waals surface area contributed by atoms with Crippen LogP contribution in [0.5, 0.6) is 0 Å². The van der Waals surface area contributed by atoms with Crippen LogP contribution in [0, 0.1) is 11.3 Å². The molecule has 1 heterocycles. The van der Waals surface area contributed by atoms with Gasteiger partial charge in [-0.2, -0.15) is 5.26 Å². The summed E-state index contributed by atoms with van der Waals surface area (Å²) < 4.78 is 5.16. The van der Waals surface area contributed by atoms with E-state index in [0.717, 1.165) is 31.1 Å². The standard InChI is InChI=1S/C15H23N5O/c1-3-8-17-13-10-15(19-14(18-13)11-21-2)20(9-4-7-16)12-5-6-12/h10,12H,3-6,8-9,11H2,1-2H3,(H,17,18,19). The summed E-state index contributed by atoms with van der Waals surface area (Å²) in [5.74, 6) is 2.40. The highest BCUT2D eigenvalue weighted by atomic mass is 16.5. The van der Waals surface area contributed by atoms with E-state index in [0.29, 0.717) is 24.9 Å². The molecule has 0 spiro atoms. The number of rotatable bonds is 9. The minimum absolute atomic E-state index is 0.394. The predicted octanol–water partition coefficient (Wildman–Crippen LogP) is 2.33. The van der Waals surface area contributed by atoms with Crippen molar-refractivity contribution in [1.29, 1.82) is 5.26 Å². The maximum atomic E-state index is 8.83. The Kier molecular flexibility index (Phi) is 5.76. The molecule has 0 amide bonds. The molecule has 0 radical (unpaired) electrons. The molecule has 21 heavy (non-hydrogen) atoms. The van der Waals surface area contributed by atoms with Crippen LogP contribution in [0.15, 0.2) is 6.07 Å². The molecule has 0 saturated heterocycles. The second kappa shape index (κ2) is 7.79. The van der Waals surface area contributed by atoms with E-state index >= 15 is 0 Å². The van der Waals surface area contributed by atoms with Gasteiger partial charge in [0.05, 0.1) is 12.5 Å². The second-order valence-electron chi connectivity index (χ2n) is 5.22. The number of aromatic nitrogens is 2. The van der Waals surface area contributed by atoms with E-state index in [1.165, 1.54) is 12.8 Å². The van der Waals surface area contributed by atoms with Crippen molar-refractivity contribution in [3.8, 4) is 6.07 Å². The first kappa shape index (κ1) is 15.5. The van der Waals surface area contributed by atoms with Gasteiger partial charge in [0.1, 0.15) is 18.2 Å². The minimum atomic E-state index is 0.394. The molecule has 0 bridgehead atoms. The molecule has 1 aromatic rings. The highest BCUT2D eigenvalue weighted by Crippen LogP contribution is 2.31. The van der Waals surface area contributed by atoms with Crippen molar-refractivity contribution in [2.24, 2.45) is 0 Å². The number of methoxy groups -OCH3 is 1. The van der Waals surface area contributed by atoms with E-state index in [4.69, 9.17) is 10.00 Å². The van der Waals surface area contributed by atoms with Crippen LogP contribution in [0.2, 0.25) is 0 Å². The number of nitrogens with zero attached hydrogens (tertiary/aromatic N) is 4. The number of hydrogen-bond acceptors (Lipinski definition) is 6. The topological polar surface area (TPSA) is 74.1 Å². The quantitative estimate of drug-likeness (QED) is 0.752. The third-order valence-electron chi connectivity index (χ3n) is 3.33. The van der Waals surface area contributed by atoms with Gasteiger partial charge in [-0.05, 0) is 19.3 Å². The Labute approximate surface area is 126 Å². The van der Waals surface area contributed by atoms with Gasteiger partial charge in [-0.1, -0.05) is 6.92 Å². The van der Waals surface area contributed by atoms with Crippen molar-refractivity contribution < 1.29 is 4.74 Å². The van der Waals surface area contributed by atoms with Crippen LogP contribution < -0.4 is 10.2 Å². The molecule has 0 unspecified atom stereocenters. The summed E-state index contributed by atoms with van der Waals surface area (Å²) in [6.45, 7) is 4.11. The summed E-state index contributed by atoms with van der Waals surface area (Å²) in [6.07, 6.45) is 3.90. The molecule has 1 N–H and O–H groups in total. The summed E-state index contributed by atoms with van der Waals surface area (Å²) in [5, 5.41) is 12.1. The zero-order valence-corrected chi connectivity index (χ0v) is 12.8. The van der Waals surface area contributed by atoms with Gasteiger partial charge in [0.15, 0.2) is 5.82 Å². The van der Waals surface area contributed by atoms with Crippen molar-refractivity contribution in [3.05, 3.63) is 11.9 Å². The zero-order chi connectivity index (χ0) is 15.1. The Hall–Kier alpha value is -1.87. The summed E-state index contributed by atoms with van der Waals surface area (Å²) in [6, 6.07) is 4.71. The summed E-state index contributed by atoms with van der Waals surface area (Å²) >= 11 is 0. The largest absolute Gasteiger partial charge is 0.377 e. The van der Waals surface area contributed by atoms with Crippen molar-refractivity contribution in [2.45, 2.75) is 45.3 Å². The van der Waals surface area contributed by atoms with E-state index in [1.807, 2.05) is 6.07 Å². The summed E-state index contributed by atoms with van der Waals surface area (Å²) in [7, 11) is 1.64. The van der Waals surface area contributed by atoms with Gasteiger partial charge < -0.3 is 15.0 Å². The molecule has 0 aromatic carbocycles. The summed E-state index contributed by atoms with van der Waals surface area (Å²) in [5.41, 5.74) is 0. The van der Waals surface area contributed by atoms with Crippen LogP contribution in [0.25, 0.3) is 0 Å². The van der Waals surface area contributed by atoms with Gasteiger partial charge >= 0.3 is 0 Å². The third kappa shape index (κ3) is 4.57. The van der Waals surface area contributed by atoms with Gasteiger partial charge in [0.2, 0.25) is 0 Å². The lowest BCUT2D eigenvalue weighted by Gasteiger charge is -2.23. The Balaban J connectivity index is 2.21. The number of hydrogen-bond donors (Lipinski definition) is 1. The minimum Gasteiger partial charge on any atom is -0.377 e. The highest BCUT2D eigenvalue weighted by molar-refractivity contribution is 5.51. The molecule has 1 aliphatic carbocycles. The van der Waals surface area contributed by atoms with Crippen LogP contribution in [0.4, 0.5) is 11.6 Å². The molecule has 2 rings (SSSR count). The Morgan fingerprint density at radius 1 is 1.48 bits per heavy atom. The normalized spacial score (nSPS) is 13.8. The van der Waals surface area contributed by atoms with Gasteiger partial charge in [0.25, 0.3) is 0 Å². The van der Waals surface area contributed by atoms with Crippen molar-refractivity contribution >= 4 is 11.6 Å². The Morgan fingerprint density at radius 2 is 2.29 bits per heavy atom. The number of nitriles is 1. The fourth-order valence-electron chi connectivity index (χ4n) is 2.21. The maximum absolute atomic E-state index is 8.83. The highest BCUT2D eigenvalue weighted by Gasteiger charge is 2.30. The first-order valence-electron chi connectivity index (χ1n) is 7.52. The average Bonchev–Trinajstić information content (AvgIpc) is 3.30. The fraction of sp³-hybridized carbons (Fsp3) is 0.667. The van der Waals surface area contributed by atoms with E-state index < -0.39 is 0 Å². The SMILES string of the molecule is CCCNc1cc(N(CCC#N)C2CC2)nc(COC)n1. The molecule has 1 aromatic heterocycles. The van der Waals surface area contributed by atoms with Crippen LogP contribution in [-0.4, -0.2) is 36.2 Å². The van der Waals surface area contributed by atoms with E-state index in [2.05, 4.69) is 33.2 Å². The molecule has 6 nitrogen and oxygen atoms in total. The van der Waals surface area contributed by atoms with Crippen molar-refractivity contribution in [2.75, 3.05) is 30.4 Å². The molecule has 0 atom stereocenters. The van der Waals surface area contributed by atoms with Crippen LogP contribution >= 0.6 is 0 Å². The number of nitrogens with one attached hydrogen (secondary N) is 1. The lowest BCUT2D eigenvalue weighted by Crippen LogP contribution is -2.28. The average molecular weight is 289 g/mol. The molecular weight excluding hydrogens is 266 g/mol. The number of anilines is 2. The maximum Gasteiger partial charge on any atom is 0.158 e. The molecular formula is C15H23N5O. The third-order valence-corrected chi connectivity index (χ3v) is 3.33. The van der Waals surface area contributed by atoms with Gasteiger partial charge in [-0.3, -0.25) is 0 Å². The van der Waals surface area contributed by atoms with E-state index in [-0.39, 0.29) is 0 Å². The van der Waals surface area contributed by atoms with Gasteiger partial charge in [-0.25, -0.2) is 9.97 Å². The fourth-order valence-corrected chi connectivity index (χ4v) is 2.21. The van der Waals surface area contributed by atoms with Crippen LogP contribution in [-0.2, 0) is 11.3 Å². The molecule has 0 aliphatic heterocycles. The smallest absolute Gasteiger partial charge is 0.158 e. The Bertz CT molecular complexity index is 495. The molecule has 114 valence electrons. The summed E-state index contributed by atoms with van der Waals surface area (Å²) in [4.78, 5) is 11.3. The molecule has 1 saturated carbocycles. The predicted molar refractivity (Wildman–Crippen MR) is 82.1 cm³/mol. The van der Waals surface area contributed by atoms with Crippen LogP contribution in [0.1, 0.15) is 38.4 Å². The first-order chi connectivity index (χ1) is 10.3. The number of ether oxygens (including phenoxy) is 1. The molecule has 1 aliphatic rings. The Morgan fingerprint density at radius 3 is 2.90 bits per heavy atom. The lowest BCUT2D eigenvalue weighted by atomic mass is 10.3. The molecule has 1 fully saturated rings. The molecule has 6 heteroatoms. The lowest BCUT2D eigenvalue weighted by molar-refractivity contribution is 0.178. The monoisotopic (exact) mass is 289 g/mol. The second-order valence-corrected chi connectivity index (χ2v) is 5.22. The van der Waals surface area contributed by atoms with Gasteiger partial charge in [-0.15, -0.1) is 0 Å². The van der Waals surface area contributed by atoms with Crippen molar-refractivity contribution in [3.63, 3.8) is 0 Å². The van der Waals surface area contributed by atoms with E-state index in [9.17, 15) is 0 Å². The van der Waals surface area contributed by atoms with Crippen molar-refractivity contribution in [1.82, 2.24) is 9.97 Å². The van der Waals surface area contributed by atoms with Gasteiger partial charge in [0, 0.05) is 32.3 Å².